The number of H-pyrrole nitrogens is 1. The van der Waals surface area contributed by atoms with Gasteiger partial charge in [0.05, 0.1) is 6.33 Å². The fourth-order valence-electron chi connectivity index (χ4n) is 4.51. The molecule has 0 bridgehead atoms. The molecule has 1 saturated heterocycles. The van der Waals surface area contributed by atoms with E-state index < -0.39 is 0 Å². The van der Waals surface area contributed by atoms with Crippen molar-refractivity contribution in [3.8, 4) is 0 Å². The van der Waals surface area contributed by atoms with Crippen LogP contribution in [0.2, 0.25) is 0 Å². The van der Waals surface area contributed by atoms with Gasteiger partial charge in [0.25, 0.3) is 11.5 Å². The first kappa shape index (κ1) is 18.6. The van der Waals surface area contributed by atoms with Crippen molar-refractivity contribution in [2.24, 2.45) is 5.92 Å². The van der Waals surface area contributed by atoms with Gasteiger partial charge in [0.2, 0.25) is 0 Å². The Morgan fingerprint density at radius 2 is 1.80 bits per heavy atom. The Morgan fingerprint density at radius 1 is 1.07 bits per heavy atom. The summed E-state index contributed by atoms with van der Waals surface area (Å²) in [7, 11) is 0. The van der Waals surface area contributed by atoms with Crippen molar-refractivity contribution in [2.45, 2.75) is 25.9 Å². The van der Waals surface area contributed by atoms with E-state index in [-0.39, 0.29) is 11.5 Å². The maximum absolute atomic E-state index is 12.9. The van der Waals surface area contributed by atoms with Crippen molar-refractivity contribution in [2.75, 3.05) is 18.0 Å². The van der Waals surface area contributed by atoms with E-state index in [1.54, 1.807) is 6.07 Å². The number of aromatic nitrogens is 2. The third-order valence-corrected chi connectivity index (χ3v) is 6.13. The molecule has 30 heavy (non-hydrogen) atoms. The zero-order chi connectivity index (χ0) is 20.5. The normalized spacial score (nSPS) is 17.9. The van der Waals surface area contributed by atoms with E-state index in [2.05, 4.69) is 39.1 Å². The summed E-state index contributed by atoms with van der Waals surface area (Å²) in [5.74, 6) is 1.35. The number of hydrogen-bond acceptors (Lipinski definition) is 4. The van der Waals surface area contributed by atoms with Crippen LogP contribution >= 0.6 is 0 Å². The molecule has 2 aromatic carbocycles. The van der Waals surface area contributed by atoms with Crippen LogP contribution in [-0.2, 0) is 19.5 Å². The molecule has 5 rings (SSSR count). The van der Waals surface area contributed by atoms with Gasteiger partial charge in [-0.05, 0) is 47.6 Å². The number of nitrogens with zero attached hydrogens (tertiary/aromatic N) is 3. The van der Waals surface area contributed by atoms with Gasteiger partial charge in [-0.15, -0.1) is 0 Å². The molecular formula is C24H24N4O2. The molecule has 3 aromatic rings. The number of aromatic amines is 1. The van der Waals surface area contributed by atoms with Gasteiger partial charge in [0.1, 0.15) is 5.82 Å². The molecule has 1 fully saturated rings. The Morgan fingerprint density at radius 3 is 2.50 bits per heavy atom. The summed E-state index contributed by atoms with van der Waals surface area (Å²) in [6, 6.07) is 17.8. The number of carbonyl (C=O) groups excluding carboxylic acids is 1. The number of hydrogen-bond donors (Lipinski definition) is 1. The first-order valence-corrected chi connectivity index (χ1v) is 10.4. The second-order valence-electron chi connectivity index (χ2n) is 8.20. The molecule has 0 aliphatic carbocycles. The van der Waals surface area contributed by atoms with E-state index in [1.165, 1.54) is 23.0 Å². The lowest BCUT2D eigenvalue weighted by atomic mass is 9.98. The summed E-state index contributed by atoms with van der Waals surface area (Å²) in [5.41, 5.74) is 4.34. The van der Waals surface area contributed by atoms with Gasteiger partial charge in [-0.2, -0.15) is 0 Å². The number of benzene rings is 2. The number of amides is 1. The van der Waals surface area contributed by atoms with Crippen molar-refractivity contribution < 1.29 is 4.79 Å². The van der Waals surface area contributed by atoms with Crippen molar-refractivity contribution >= 4 is 11.7 Å². The van der Waals surface area contributed by atoms with Crippen LogP contribution in [0.1, 0.15) is 33.5 Å². The largest absolute Gasteiger partial charge is 0.356 e. The minimum absolute atomic E-state index is 0.0881. The summed E-state index contributed by atoms with van der Waals surface area (Å²) < 4.78 is 0. The van der Waals surface area contributed by atoms with Crippen LogP contribution in [0.15, 0.2) is 65.7 Å². The zero-order valence-corrected chi connectivity index (χ0v) is 16.8. The molecule has 6 heteroatoms. The number of fused-ring (bicyclic) bond motifs is 1. The van der Waals surface area contributed by atoms with Crippen LogP contribution in [0.25, 0.3) is 0 Å². The van der Waals surface area contributed by atoms with Crippen molar-refractivity contribution in [3.05, 3.63) is 93.5 Å². The Labute approximate surface area is 175 Å². The molecule has 1 unspecified atom stereocenters. The summed E-state index contributed by atoms with van der Waals surface area (Å²) in [6.07, 6.45) is 3.49. The molecule has 152 valence electrons. The van der Waals surface area contributed by atoms with Gasteiger partial charge in [0.15, 0.2) is 0 Å². The van der Waals surface area contributed by atoms with Crippen LogP contribution in [0, 0.1) is 5.92 Å². The molecule has 0 radical (unpaired) electrons. The molecular weight excluding hydrogens is 376 g/mol. The van der Waals surface area contributed by atoms with Crippen molar-refractivity contribution in [1.29, 1.82) is 0 Å². The first-order valence-electron chi connectivity index (χ1n) is 10.4. The number of nitrogens with one attached hydrogen (secondary N) is 1. The highest BCUT2D eigenvalue weighted by Crippen LogP contribution is 2.26. The quantitative estimate of drug-likeness (QED) is 0.731. The van der Waals surface area contributed by atoms with E-state index in [4.69, 9.17) is 0 Å². The minimum Gasteiger partial charge on any atom is -0.356 e. The lowest BCUT2D eigenvalue weighted by molar-refractivity contribution is 0.0751. The lowest BCUT2D eigenvalue weighted by Gasteiger charge is -2.17. The fourth-order valence-corrected chi connectivity index (χ4v) is 4.51. The number of anilines is 1. The van der Waals surface area contributed by atoms with Gasteiger partial charge >= 0.3 is 0 Å². The number of rotatable bonds is 4. The van der Waals surface area contributed by atoms with Gasteiger partial charge in [-0.3, -0.25) is 9.59 Å². The van der Waals surface area contributed by atoms with Crippen LogP contribution in [0.5, 0.6) is 0 Å². The van der Waals surface area contributed by atoms with Crippen LogP contribution in [-0.4, -0.2) is 33.9 Å². The maximum Gasteiger partial charge on any atom is 0.254 e. The minimum atomic E-state index is -0.121. The van der Waals surface area contributed by atoms with E-state index >= 15 is 0 Å². The van der Waals surface area contributed by atoms with Crippen LogP contribution in [0.3, 0.4) is 0 Å². The highest BCUT2D eigenvalue weighted by Gasteiger charge is 2.25. The monoisotopic (exact) mass is 400 g/mol. The zero-order valence-electron chi connectivity index (χ0n) is 16.8. The molecule has 0 saturated carbocycles. The predicted octanol–water partition coefficient (Wildman–Crippen LogP) is 2.99. The molecule has 1 amide bonds. The SMILES string of the molecule is O=C(c1ccc(CC2CCN(c3cc(=O)[nH]cn3)C2)cc1)N1Cc2ccccc2C1. The van der Waals surface area contributed by atoms with E-state index in [0.717, 1.165) is 37.3 Å². The molecule has 3 heterocycles. The highest BCUT2D eigenvalue weighted by atomic mass is 16.2. The third kappa shape index (κ3) is 3.73. The average molecular weight is 400 g/mol. The summed E-state index contributed by atoms with van der Waals surface area (Å²) >= 11 is 0. The van der Waals surface area contributed by atoms with Gasteiger partial charge in [-0.1, -0.05) is 36.4 Å². The van der Waals surface area contributed by atoms with E-state index in [9.17, 15) is 9.59 Å². The maximum atomic E-state index is 12.9. The van der Waals surface area contributed by atoms with E-state index in [0.29, 0.717) is 19.0 Å². The van der Waals surface area contributed by atoms with Crippen LogP contribution < -0.4 is 10.5 Å². The molecule has 1 atom stereocenters. The third-order valence-electron chi connectivity index (χ3n) is 6.13. The summed E-state index contributed by atoms with van der Waals surface area (Å²) in [4.78, 5) is 35.3. The summed E-state index contributed by atoms with van der Waals surface area (Å²) in [6.45, 7) is 3.17. The smallest absolute Gasteiger partial charge is 0.254 e. The second-order valence-corrected chi connectivity index (χ2v) is 8.20. The molecule has 1 N–H and O–H groups in total. The number of carbonyl (C=O) groups is 1. The Hall–Kier alpha value is -3.41. The summed E-state index contributed by atoms with van der Waals surface area (Å²) in [5, 5.41) is 0. The van der Waals surface area contributed by atoms with Gasteiger partial charge < -0.3 is 14.8 Å². The molecule has 1 aromatic heterocycles. The highest BCUT2D eigenvalue weighted by molar-refractivity contribution is 5.94. The fraction of sp³-hybridized carbons (Fsp3) is 0.292. The lowest BCUT2D eigenvalue weighted by Crippen LogP contribution is -2.25. The van der Waals surface area contributed by atoms with Gasteiger partial charge in [-0.25, -0.2) is 4.98 Å². The Kier molecular flexibility index (Phi) is 4.83. The molecule has 0 spiro atoms. The Balaban J connectivity index is 1.20. The average Bonchev–Trinajstić information content (AvgIpc) is 3.41. The topological polar surface area (TPSA) is 69.3 Å². The molecule has 2 aliphatic rings. The van der Waals surface area contributed by atoms with E-state index in [1.807, 2.05) is 29.2 Å². The van der Waals surface area contributed by atoms with Crippen molar-refractivity contribution in [3.63, 3.8) is 0 Å². The predicted molar refractivity (Wildman–Crippen MR) is 115 cm³/mol. The Bertz CT molecular complexity index is 1100. The van der Waals surface area contributed by atoms with Crippen LogP contribution in [0.4, 0.5) is 5.82 Å². The van der Waals surface area contributed by atoms with Gasteiger partial charge in [0, 0.05) is 37.8 Å². The second kappa shape index (κ2) is 7.78. The molecule has 6 nitrogen and oxygen atoms in total. The first-order chi connectivity index (χ1) is 14.7. The van der Waals surface area contributed by atoms with Crippen molar-refractivity contribution in [1.82, 2.24) is 14.9 Å². The standard InChI is InChI=1S/C24H24N4O2/c29-23-12-22(25-16-26-23)27-10-9-18(13-27)11-17-5-7-19(8-6-17)24(30)28-14-20-3-1-2-4-21(20)15-28/h1-8,12,16,18H,9-11,13-15H2,(H,25,26,29). The molecule has 2 aliphatic heterocycles.